The van der Waals surface area contributed by atoms with Gasteiger partial charge in [-0.05, 0) is 49.6 Å². The van der Waals surface area contributed by atoms with Crippen molar-refractivity contribution in [1.29, 1.82) is 0 Å². The molecule has 2 heterocycles. The zero-order valence-electron chi connectivity index (χ0n) is 28.7. The predicted molar refractivity (Wildman–Crippen MR) is 187 cm³/mol. The molecule has 2 N–H and O–H groups in total. The average molecular weight is 701 g/mol. The highest BCUT2D eigenvalue weighted by Crippen LogP contribution is 2.32. The molecule has 0 aliphatic rings. The number of carboxylic acid groups (broad SMARTS) is 1. The maximum absolute atomic E-state index is 14.8. The number of aromatic nitrogens is 3. The molecule has 2 aromatic heterocycles. The van der Waals surface area contributed by atoms with E-state index in [1.807, 2.05) is 0 Å². The van der Waals surface area contributed by atoms with Gasteiger partial charge in [0.15, 0.2) is 23.0 Å². The van der Waals surface area contributed by atoms with E-state index in [9.17, 15) is 13.6 Å². The molecule has 0 radical (unpaired) electrons. The zero-order valence-corrected chi connectivity index (χ0v) is 29.5. The van der Waals surface area contributed by atoms with Gasteiger partial charge in [-0.25, -0.2) is 14.4 Å². The Morgan fingerprint density at radius 2 is 1.61 bits per heavy atom. The molecular formula is C36H47ClF2N6O4. The molecule has 10 nitrogen and oxygen atoms in total. The summed E-state index contributed by atoms with van der Waals surface area (Å²) in [5.74, 6) is -2.11. The van der Waals surface area contributed by atoms with Crippen molar-refractivity contribution in [2.24, 2.45) is 0 Å². The number of quaternary nitrogens is 1. The van der Waals surface area contributed by atoms with Crippen molar-refractivity contribution in [1.82, 2.24) is 19.7 Å². The fraction of sp³-hybridized carbons (Fsp3) is 0.444. The third kappa shape index (κ3) is 10.4. The molecule has 0 spiro atoms. The van der Waals surface area contributed by atoms with Gasteiger partial charge in [0.05, 0.1) is 55.8 Å². The van der Waals surface area contributed by atoms with Gasteiger partial charge >= 0.3 is 0 Å². The highest BCUT2D eigenvalue weighted by atomic mass is 35.5. The van der Waals surface area contributed by atoms with Gasteiger partial charge in [-0.2, -0.15) is 4.39 Å². The topological polar surface area (TPSA) is 121 Å². The Labute approximate surface area is 292 Å². The van der Waals surface area contributed by atoms with Crippen molar-refractivity contribution in [3.8, 4) is 17.0 Å². The smallest absolute Gasteiger partial charge is 0.252 e. The zero-order chi connectivity index (χ0) is 35.8. The lowest BCUT2D eigenvalue weighted by atomic mass is 10.1. The number of carbonyl (C=O) groups excluding carboxylic acids is 2. The summed E-state index contributed by atoms with van der Waals surface area (Å²) < 4.78 is 36.9. The standard InChI is InChI=1S/C35H45ClF2N6O2.CH2O2/c1-5-8-19-44(20-9-6-2,21-10-7-3)22-11-16-40-35(45)26-13-12-25(23-28(26)36)42-33-34-41-24-29(43(34)18-17-39-33)27-14-15-30(46-4)32(38)31(27)37;2-1-3/h12-15,17-18,23-24H,5-11,16,19-22H2,1-4H3,(H-,39,40,42,45);1H,(H,2,3). The molecule has 0 saturated carbocycles. The number of methoxy groups -OCH3 is 1. The largest absolute Gasteiger partial charge is 0.554 e. The molecule has 0 fully saturated rings. The number of fused-ring (bicyclic) bond motifs is 1. The summed E-state index contributed by atoms with van der Waals surface area (Å²) in [6.45, 7) is 11.5. The lowest BCUT2D eigenvalue weighted by Crippen LogP contribution is -2.51. The van der Waals surface area contributed by atoms with Crippen LogP contribution in [0.25, 0.3) is 16.9 Å². The molecule has 1 amide bonds. The van der Waals surface area contributed by atoms with Gasteiger partial charge in [-0.1, -0.05) is 51.6 Å². The number of unbranched alkanes of at least 4 members (excludes halogenated alkanes) is 3. The third-order valence-corrected chi connectivity index (χ3v) is 8.81. The van der Waals surface area contributed by atoms with Crippen LogP contribution in [-0.2, 0) is 4.79 Å². The van der Waals surface area contributed by atoms with Crippen LogP contribution in [0, 0.1) is 11.6 Å². The number of hydrogen-bond acceptors (Lipinski definition) is 7. The molecule has 0 bridgehead atoms. The van der Waals surface area contributed by atoms with Crippen LogP contribution in [0.1, 0.15) is 76.1 Å². The van der Waals surface area contributed by atoms with Crippen LogP contribution in [0.5, 0.6) is 5.75 Å². The van der Waals surface area contributed by atoms with E-state index in [0.717, 1.165) is 17.4 Å². The molecule has 0 unspecified atom stereocenters. The van der Waals surface area contributed by atoms with Gasteiger partial charge < -0.3 is 29.8 Å². The fourth-order valence-corrected chi connectivity index (χ4v) is 6.14. The molecule has 4 aromatic rings. The van der Waals surface area contributed by atoms with E-state index in [-0.39, 0.29) is 17.2 Å². The molecular weight excluding hydrogens is 654 g/mol. The first kappa shape index (κ1) is 39.2. The van der Waals surface area contributed by atoms with E-state index in [2.05, 4.69) is 41.4 Å². The van der Waals surface area contributed by atoms with E-state index in [0.29, 0.717) is 40.0 Å². The summed E-state index contributed by atoms with van der Waals surface area (Å²) in [4.78, 5) is 30.1. The van der Waals surface area contributed by atoms with Crippen LogP contribution < -0.4 is 20.5 Å². The number of hydrogen-bond donors (Lipinski definition) is 2. The first-order chi connectivity index (χ1) is 23.7. The van der Waals surface area contributed by atoms with Crippen molar-refractivity contribution < 1.29 is 32.7 Å². The van der Waals surface area contributed by atoms with Crippen LogP contribution in [0.4, 0.5) is 20.3 Å². The van der Waals surface area contributed by atoms with E-state index >= 15 is 0 Å². The number of anilines is 2. The Hall–Kier alpha value is -4.29. The average Bonchev–Trinajstić information content (AvgIpc) is 3.53. The maximum atomic E-state index is 14.8. The first-order valence-electron chi connectivity index (χ1n) is 16.8. The van der Waals surface area contributed by atoms with E-state index in [1.165, 1.54) is 89.8 Å². The molecule has 4 rings (SSSR count). The number of amides is 1. The van der Waals surface area contributed by atoms with Crippen molar-refractivity contribution in [3.05, 3.63) is 71.1 Å². The Balaban J connectivity index is 0.00000209. The predicted octanol–water partition coefficient (Wildman–Crippen LogP) is 6.78. The molecule has 49 heavy (non-hydrogen) atoms. The Morgan fingerprint density at radius 1 is 0.980 bits per heavy atom. The second-order valence-corrected chi connectivity index (χ2v) is 12.3. The monoisotopic (exact) mass is 700 g/mol. The minimum Gasteiger partial charge on any atom is -0.554 e. The normalized spacial score (nSPS) is 11.2. The lowest BCUT2D eigenvalue weighted by Gasteiger charge is -2.39. The van der Waals surface area contributed by atoms with E-state index < -0.39 is 18.1 Å². The number of rotatable bonds is 18. The fourth-order valence-electron chi connectivity index (χ4n) is 5.87. The van der Waals surface area contributed by atoms with Crippen molar-refractivity contribution in [2.75, 3.05) is 45.2 Å². The third-order valence-electron chi connectivity index (χ3n) is 8.50. The lowest BCUT2D eigenvalue weighted by molar-refractivity contribution is -0.929. The minimum atomic E-state index is -1.07. The molecule has 2 aromatic carbocycles. The van der Waals surface area contributed by atoms with Crippen LogP contribution >= 0.6 is 11.6 Å². The summed E-state index contributed by atoms with van der Waals surface area (Å²) in [6.07, 6.45) is 12.8. The van der Waals surface area contributed by atoms with Crippen molar-refractivity contribution in [2.45, 2.75) is 65.7 Å². The highest BCUT2D eigenvalue weighted by Gasteiger charge is 2.25. The maximum Gasteiger partial charge on any atom is 0.252 e. The molecule has 0 atom stereocenters. The number of imidazole rings is 1. The first-order valence-corrected chi connectivity index (χ1v) is 17.2. The Bertz CT molecular complexity index is 1650. The SMILES string of the molecule is CCCC[N+](CCCC)(CCCC)CCCNC(=O)c1ccc(Nc2nccn3c(-c4ccc(OC)c(F)c4F)cnc23)cc1Cl.O=C[O-]. The van der Waals surface area contributed by atoms with E-state index in [4.69, 9.17) is 26.2 Å². The van der Waals surface area contributed by atoms with Crippen LogP contribution in [-0.4, -0.2) is 71.1 Å². The summed E-state index contributed by atoms with van der Waals surface area (Å²) in [5.41, 5.74) is 1.77. The summed E-state index contributed by atoms with van der Waals surface area (Å²) >= 11 is 6.57. The van der Waals surface area contributed by atoms with Gasteiger partial charge in [0, 0.05) is 43.1 Å². The molecule has 0 aliphatic heterocycles. The number of benzene rings is 2. The molecule has 0 aliphatic carbocycles. The quantitative estimate of drug-likeness (QED) is 0.0667. The second kappa shape index (κ2) is 19.6. The highest BCUT2D eigenvalue weighted by molar-refractivity contribution is 6.34. The number of halogens is 3. The molecule has 266 valence electrons. The van der Waals surface area contributed by atoms with Gasteiger partial charge in [0.2, 0.25) is 5.82 Å². The number of nitrogens with one attached hydrogen (secondary N) is 2. The second-order valence-electron chi connectivity index (χ2n) is 11.9. The van der Waals surface area contributed by atoms with Crippen molar-refractivity contribution >= 4 is 41.1 Å². The molecule has 0 saturated heterocycles. The summed E-state index contributed by atoms with van der Waals surface area (Å²) in [5, 5.41) is 14.8. The number of carbonyl (C=O) groups is 2. The summed E-state index contributed by atoms with van der Waals surface area (Å²) in [6, 6.07) is 7.90. The van der Waals surface area contributed by atoms with Gasteiger partial charge in [-0.15, -0.1) is 0 Å². The Kier molecular flexibility index (Phi) is 15.7. The van der Waals surface area contributed by atoms with Crippen LogP contribution in [0.15, 0.2) is 48.9 Å². The molecule has 13 heteroatoms. The van der Waals surface area contributed by atoms with Crippen LogP contribution in [0.3, 0.4) is 0 Å². The number of ether oxygens (including phenoxy) is 1. The van der Waals surface area contributed by atoms with Gasteiger partial charge in [0.1, 0.15) is 0 Å². The van der Waals surface area contributed by atoms with Crippen molar-refractivity contribution in [3.63, 3.8) is 0 Å². The number of nitrogens with zero attached hydrogens (tertiary/aromatic N) is 4. The Morgan fingerprint density at radius 3 is 2.20 bits per heavy atom. The van der Waals surface area contributed by atoms with Gasteiger partial charge in [-0.3, -0.25) is 9.20 Å². The van der Waals surface area contributed by atoms with Crippen LogP contribution in [0.2, 0.25) is 5.02 Å². The summed E-state index contributed by atoms with van der Waals surface area (Å²) in [7, 11) is 1.28. The van der Waals surface area contributed by atoms with Gasteiger partial charge in [0.25, 0.3) is 5.91 Å². The van der Waals surface area contributed by atoms with E-state index in [1.54, 1.807) is 28.8 Å². The minimum absolute atomic E-state index is 0.0360.